The molecule has 76 valence electrons. The third kappa shape index (κ3) is 1.90. The van der Waals surface area contributed by atoms with Crippen LogP contribution in [0.3, 0.4) is 0 Å². The molecule has 0 aliphatic rings. The summed E-state index contributed by atoms with van der Waals surface area (Å²) in [5.74, 6) is -0.175. The van der Waals surface area contributed by atoms with Gasteiger partial charge in [0.2, 0.25) is 5.95 Å². The number of nitrogens with two attached hydrogens (primary N) is 1. The summed E-state index contributed by atoms with van der Waals surface area (Å²) < 4.78 is 12.7. The molecule has 0 atom stereocenters. The monoisotopic (exact) mass is 204 g/mol. The maximum atomic E-state index is 12.7. The lowest BCUT2D eigenvalue weighted by atomic mass is 10.1. The van der Waals surface area contributed by atoms with Crippen LogP contribution >= 0.6 is 0 Å². The molecule has 5 heteroatoms. The molecule has 0 radical (unpaired) electrons. The average molecular weight is 204 g/mol. The second kappa shape index (κ2) is 3.61. The quantitative estimate of drug-likeness (QED) is 0.765. The van der Waals surface area contributed by atoms with Gasteiger partial charge in [0.05, 0.1) is 11.4 Å². The van der Waals surface area contributed by atoms with E-state index in [0.717, 1.165) is 5.56 Å². The van der Waals surface area contributed by atoms with E-state index in [2.05, 4.69) is 15.2 Å². The first kappa shape index (κ1) is 9.51. The Labute approximate surface area is 86.0 Å². The van der Waals surface area contributed by atoms with Crippen molar-refractivity contribution in [1.82, 2.24) is 15.2 Å². The lowest BCUT2D eigenvalue weighted by Gasteiger charge is -2.03. The van der Waals surface area contributed by atoms with E-state index in [-0.39, 0.29) is 11.8 Å². The van der Waals surface area contributed by atoms with Crippen LogP contribution in [0.5, 0.6) is 0 Å². The first-order chi connectivity index (χ1) is 7.16. The zero-order chi connectivity index (χ0) is 10.8. The van der Waals surface area contributed by atoms with Crippen LogP contribution in [0.15, 0.2) is 24.3 Å². The minimum absolute atomic E-state index is 0.111. The minimum atomic E-state index is -0.286. The lowest BCUT2D eigenvalue weighted by molar-refractivity contribution is 0.628. The fraction of sp³-hybridized carbons (Fsp3) is 0.100. The molecule has 0 amide bonds. The Hall–Kier alpha value is -2.04. The molecule has 1 heterocycles. The number of benzene rings is 1. The molecule has 0 bridgehead atoms. The van der Waals surface area contributed by atoms with E-state index in [1.165, 1.54) is 12.1 Å². The molecule has 2 rings (SSSR count). The minimum Gasteiger partial charge on any atom is -0.366 e. The Balaban J connectivity index is 2.53. The van der Waals surface area contributed by atoms with Crippen LogP contribution in [-0.2, 0) is 0 Å². The van der Waals surface area contributed by atoms with Crippen LogP contribution in [0, 0.1) is 12.7 Å². The highest BCUT2D eigenvalue weighted by molar-refractivity contribution is 5.61. The fourth-order valence-corrected chi connectivity index (χ4v) is 1.27. The van der Waals surface area contributed by atoms with Gasteiger partial charge in [-0.3, -0.25) is 0 Å². The smallest absolute Gasteiger partial charge is 0.240 e. The van der Waals surface area contributed by atoms with Gasteiger partial charge in [0, 0.05) is 5.56 Å². The normalized spacial score (nSPS) is 10.3. The van der Waals surface area contributed by atoms with E-state index in [4.69, 9.17) is 5.73 Å². The van der Waals surface area contributed by atoms with Crippen molar-refractivity contribution in [3.05, 3.63) is 35.8 Å². The predicted molar refractivity (Wildman–Crippen MR) is 54.4 cm³/mol. The van der Waals surface area contributed by atoms with Gasteiger partial charge in [-0.05, 0) is 31.2 Å². The average Bonchev–Trinajstić information content (AvgIpc) is 2.23. The molecule has 0 aliphatic heterocycles. The van der Waals surface area contributed by atoms with Crippen LogP contribution in [0.4, 0.5) is 10.3 Å². The Morgan fingerprint density at radius 1 is 1.13 bits per heavy atom. The van der Waals surface area contributed by atoms with E-state index in [1.807, 2.05) is 0 Å². The molecule has 0 saturated carbocycles. The number of aromatic nitrogens is 3. The summed E-state index contributed by atoms with van der Waals surface area (Å²) in [7, 11) is 0. The first-order valence-corrected chi connectivity index (χ1v) is 4.39. The molecule has 1 aromatic carbocycles. The summed E-state index contributed by atoms with van der Waals surface area (Å²) in [6.45, 7) is 1.78. The number of anilines is 1. The third-order valence-electron chi connectivity index (χ3n) is 1.99. The summed E-state index contributed by atoms with van der Waals surface area (Å²) in [6, 6.07) is 6.00. The number of hydrogen-bond acceptors (Lipinski definition) is 4. The highest BCUT2D eigenvalue weighted by atomic mass is 19.1. The Bertz CT molecular complexity index is 481. The summed E-state index contributed by atoms with van der Waals surface area (Å²) in [5, 5.41) is 7.47. The highest BCUT2D eigenvalue weighted by Crippen LogP contribution is 2.19. The van der Waals surface area contributed by atoms with Gasteiger partial charge in [0.25, 0.3) is 0 Å². The molecule has 0 aliphatic carbocycles. The number of rotatable bonds is 1. The molecule has 15 heavy (non-hydrogen) atoms. The highest BCUT2D eigenvalue weighted by Gasteiger charge is 2.06. The summed E-state index contributed by atoms with van der Waals surface area (Å²) in [4.78, 5) is 4.05. The maximum Gasteiger partial charge on any atom is 0.240 e. The number of nitrogen functional groups attached to an aromatic ring is 1. The van der Waals surface area contributed by atoms with Gasteiger partial charge in [-0.2, -0.15) is 0 Å². The standard InChI is InChI=1S/C10H9FN4/c1-6-9(13-10(12)15-14-6)7-2-4-8(11)5-3-7/h2-5H,1H3,(H2,12,13,15). The SMILES string of the molecule is Cc1nnc(N)nc1-c1ccc(F)cc1. The van der Waals surface area contributed by atoms with E-state index >= 15 is 0 Å². The van der Waals surface area contributed by atoms with Gasteiger partial charge in [-0.15, -0.1) is 10.2 Å². The second-order valence-corrected chi connectivity index (χ2v) is 3.11. The number of aryl methyl sites for hydroxylation is 1. The Morgan fingerprint density at radius 2 is 1.80 bits per heavy atom. The van der Waals surface area contributed by atoms with Gasteiger partial charge in [0.1, 0.15) is 5.82 Å². The van der Waals surface area contributed by atoms with Crippen LogP contribution in [0.2, 0.25) is 0 Å². The second-order valence-electron chi connectivity index (χ2n) is 3.11. The van der Waals surface area contributed by atoms with Crippen molar-refractivity contribution >= 4 is 5.95 Å². The van der Waals surface area contributed by atoms with Crippen molar-refractivity contribution < 1.29 is 4.39 Å². The Morgan fingerprint density at radius 3 is 2.47 bits per heavy atom. The molecule has 0 fully saturated rings. The predicted octanol–water partition coefficient (Wildman–Crippen LogP) is 1.57. The zero-order valence-corrected chi connectivity index (χ0v) is 8.11. The van der Waals surface area contributed by atoms with Crippen molar-refractivity contribution in [3.8, 4) is 11.3 Å². The number of halogens is 1. The molecular weight excluding hydrogens is 195 g/mol. The first-order valence-electron chi connectivity index (χ1n) is 4.39. The van der Waals surface area contributed by atoms with Crippen molar-refractivity contribution in [2.45, 2.75) is 6.92 Å². The molecular formula is C10H9FN4. The fourth-order valence-electron chi connectivity index (χ4n) is 1.27. The Kier molecular flexibility index (Phi) is 2.29. The zero-order valence-electron chi connectivity index (χ0n) is 8.11. The summed E-state index contributed by atoms with van der Waals surface area (Å²) in [6.07, 6.45) is 0. The van der Waals surface area contributed by atoms with Crippen molar-refractivity contribution in [2.24, 2.45) is 0 Å². The van der Waals surface area contributed by atoms with Crippen molar-refractivity contribution in [3.63, 3.8) is 0 Å². The summed E-state index contributed by atoms with van der Waals surface area (Å²) in [5.41, 5.74) is 7.50. The van der Waals surface area contributed by atoms with Gasteiger partial charge in [-0.25, -0.2) is 9.37 Å². The van der Waals surface area contributed by atoms with Gasteiger partial charge >= 0.3 is 0 Å². The molecule has 0 spiro atoms. The van der Waals surface area contributed by atoms with Crippen molar-refractivity contribution in [1.29, 1.82) is 0 Å². The summed E-state index contributed by atoms with van der Waals surface area (Å²) >= 11 is 0. The van der Waals surface area contributed by atoms with Crippen LogP contribution in [0.1, 0.15) is 5.69 Å². The molecule has 2 aromatic rings. The number of hydrogen-bond donors (Lipinski definition) is 1. The van der Waals surface area contributed by atoms with Crippen LogP contribution in [-0.4, -0.2) is 15.2 Å². The van der Waals surface area contributed by atoms with Crippen LogP contribution < -0.4 is 5.73 Å². The molecule has 2 N–H and O–H groups in total. The van der Waals surface area contributed by atoms with Gasteiger partial charge in [0.15, 0.2) is 0 Å². The molecule has 4 nitrogen and oxygen atoms in total. The topological polar surface area (TPSA) is 64.7 Å². The third-order valence-corrected chi connectivity index (χ3v) is 1.99. The van der Waals surface area contributed by atoms with E-state index in [0.29, 0.717) is 11.4 Å². The van der Waals surface area contributed by atoms with E-state index < -0.39 is 0 Å². The van der Waals surface area contributed by atoms with E-state index in [9.17, 15) is 4.39 Å². The van der Waals surface area contributed by atoms with Gasteiger partial charge in [-0.1, -0.05) is 0 Å². The van der Waals surface area contributed by atoms with Crippen molar-refractivity contribution in [2.75, 3.05) is 5.73 Å². The van der Waals surface area contributed by atoms with E-state index in [1.54, 1.807) is 19.1 Å². The van der Waals surface area contributed by atoms with Crippen LogP contribution in [0.25, 0.3) is 11.3 Å². The molecule has 1 aromatic heterocycles. The molecule has 0 saturated heterocycles. The lowest BCUT2D eigenvalue weighted by Crippen LogP contribution is -2.01. The largest absolute Gasteiger partial charge is 0.366 e. The van der Waals surface area contributed by atoms with Gasteiger partial charge < -0.3 is 5.73 Å². The maximum absolute atomic E-state index is 12.7. The number of nitrogens with zero attached hydrogens (tertiary/aromatic N) is 3. The molecule has 0 unspecified atom stereocenters.